The van der Waals surface area contributed by atoms with Gasteiger partial charge in [0.05, 0.1) is 12.7 Å². The molecule has 1 saturated carbocycles. The SMILES string of the molecule is COc1ccc(-c2ccc(-c3nncn3CC3CCN(C(=O)C4CC4)C3)c(F)c2)c(F)c1. The van der Waals surface area contributed by atoms with E-state index in [1.165, 1.54) is 19.2 Å². The van der Waals surface area contributed by atoms with Crippen molar-refractivity contribution in [3.05, 3.63) is 54.4 Å². The number of hydrogen-bond acceptors (Lipinski definition) is 4. The summed E-state index contributed by atoms with van der Waals surface area (Å²) in [6.45, 7) is 2.10. The first-order valence-corrected chi connectivity index (χ1v) is 10.8. The van der Waals surface area contributed by atoms with E-state index in [0.717, 1.165) is 25.8 Å². The van der Waals surface area contributed by atoms with Gasteiger partial charge in [-0.05, 0) is 55.0 Å². The highest BCUT2D eigenvalue weighted by molar-refractivity contribution is 5.81. The molecule has 166 valence electrons. The minimum atomic E-state index is -0.496. The second-order valence-corrected chi connectivity index (χ2v) is 8.56. The Morgan fingerprint density at radius 3 is 2.59 bits per heavy atom. The van der Waals surface area contributed by atoms with Crippen molar-refractivity contribution >= 4 is 5.91 Å². The smallest absolute Gasteiger partial charge is 0.225 e. The minimum absolute atomic E-state index is 0.224. The number of nitrogens with zero attached hydrogens (tertiary/aromatic N) is 4. The molecule has 3 aromatic rings. The van der Waals surface area contributed by atoms with E-state index in [9.17, 15) is 9.18 Å². The van der Waals surface area contributed by atoms with Gasteiger partial charge in [0.15, 0.2) is 5.82 Å². The Bertz CT molecular complexity index is 1160. The summed E-state index contributed by atoms with van der Waals surface area (Å²) in [5.41, 5.74) is 1.04. The molecule has 2 heterocycles. The van der Waals surface area contributed by atoms with Crippen LogP contribution in [0.5, 0.6) is 5.75 Å². The maximum absolute atomic E-state index is 15.1. The van der Waals surface area contributed by atoms with Gasteiger partial charge in [0, 0.05) is 37.2 Å². The van der Waals surface area contributed by atoms with Crippen molar-refractivity contribution in [2.75, 3.05) is 20.2 Å². The summed E-state index contributed by atoms with van der Waals surface area (Å²) in [7, 11) is 1.47. The fourth-order valence-electron chi connectivity index (χ4n) is 4.37. The Morgan fingerprint density at radius 1 is 1.09 bits per heavy atom. The number of halogens is 2. The number of aromatic nitrogens is 3. The molecule has 0 spiro atoms. The van der Waals surface area contributed by atoms with Gasteiger partial charge < -0.3 is 14.2 Å². The van der Waals surface area contributed by atoms with E-state index < -0.39 is 11.6 Å². The molecule has 2 aromatic carbocycles. The van der Waals surface area contributed by atoms with Crippen molar-refractivity contribution < 1.29 is 18.3 Å². The number of methoxy groups -OCH3 is 1. The molecule has 2 aliphatic rings. The molecule has 1 aliphatic carbocycles. The van der Waals surface area contributed by atoms with Gasteiger partial charge in [-0.3, -0.25) is 4.79 Å². The number of carbonyl (C=O) groups excluding carboxylic acids is 1. The Balaban J connectivity index is 1.34. The molecule has 32 heavy (non-hydrogen) atoms. The van der Waals surface area contributed by atoms with Gasteiger partial charge in [-0.15, -0.1) is 10.2 Å². The molecule has 8 heteroatoms. The number of benzene rings is 2. The fraction of sp³-hybridized carbons (Fsp3) is 0.375. The first kappa shape index (κ1) is 20.6. The highest BCUT2D eigenvalue weighted by Crippen LogP contribution is 2.34. The zero-order valence-corrected chi connectivity index (χ0v) is 17.8. The van der Waals surface area contributed by atoms with Crippen LogP contribution in [0.2, 0.25) is 0 Å². The third-order valence-corrected chi connectivity index (χ3v) is 6.29. The van der Waals surface area contributed by atoms with E-state index in [4.69, 9.17) is 4.74 Å². The van der Waals surface area contributed by atoms with Crippen molar-refractivity contribution in [3.8, 4) is 28.3 Å². The van der Waals surface area contributed by atoms with Crippen LogP contribution in [0, 0.1) is 23.5 Å². The molecular weight excluding hydrogens is 414 g/mol. The maximum Gasteiger partial charge on any atom is 0.225 e. The number of ether oxygens (including phenoxy) is 1. The third-order valence-electron chi connectivity index (χ3n) is 6.29. The largest absolute Gasteiger partial charge is 0.497 e. The molecule has 1 aliphatic heterocycles. The molecule has 0 radical (unpaired) electrons. The predicted molar refractivity (Wildman–Crippen MR) is 115 cm³/mol. The van der Waals surface area contributed by atoms with Gasteiger partial charge in [0.25, 0.3) is 0 Å². The van der Waals surface area contributed by atoms with Crippen LogP contribution in [-0.2, 0) is 11.3 Å². The molecule has 5 rings (SSSR count). The van der Waals surface area contributed by atoms with Gasteiger partial charge in [-0.2, -0.15) is 0 Å². The van der Waals surface area contributed by atoms with E-state index in [1.807, 2.05) is 9.47 Å². The lowest BCUT2D eigenvalue weighted by atomic mass is 10.0. The van der Waals surface area contributed by atoms with Crippen molar-refractivity contribution in [1.82, 2.24) is 19.7 Å². The van der Waals surface area contributed by atoms with Crippen molar-refractivity contribution in [2.24, 2.45) is 11.8 Å². The Labute approximate surface area is 184 Å². The molecule has 1 unspecified atom stereocenters. The Morgan fingerprint density at radius 2 is 1.88 bits per heavy atom. The summed E-state index contributed by atoms with van der Waals surface area (Å²) < 4.78 is 36.3. The average molecular weight is 438 g/mol. The molecule has 6 nitrogen and oxygen atoms in total. The van der Waals surface area contributed by atoms with Gasteiger partial charge in [0.1, 0.15) is 23.7 Å². The maximum atomic E-state index is 15.1. The summed E-state index contributed by atoms with van der Waals surface area (Å²) in [6.07, 6.45) is 4.52. The first-order valence-electron chi connectivity index (χ1n) is 10.8. The lowest BCUT2D eigenvalue weighted by molar-refractivity contribution is -0.131. The van der Waals surface area contributed by atoms with Crippen LogP contribution in [0.15, 0.2) is 42.7 Å². The highest BCUT2D eigenvalue weighted by atomic mass is 19.1. The Kier molecular flexibility index (Phi) is 5.36. The fourth-order valence-corrected chi connectivity index (χ4v) is 4.37. The van der Waals surface area contributed by atoms with Gasteiger partial charge in [-0.1, -0.05) is 6.07 Å². The van der Waals surface area contributed by atoms with Gasteiger partial charge in [-0.25, -0.2) is 8.78 Å². The van der Waals surface area contributed by atoms with Gasteiger partial charge >= 0.3 is 0 Å². The van der Waals surface area contributed by atoms with Crippen molar-refractivity contribution in [2.45, 2.75) is 25.8 Å². The lowest BCUT2D eigenvalue weighted by Gasteiger charge is -2.17. The number of amides is 1. The summed E-state index contributed by atoms with van der Waals surface area (Å²) in [5.74, 6) is 0.626. The molecule has 0 N–H and O–H groups in total. The monoisotopic (exact) mass is 438 g/mol. The summed E-state index contributed by atoms with van der Waals surface area (Å²) >= 11 is 0. The Hall–Kier alpha value is -3.29. The van der Waals surface area contributed by atoms with Crippen LogP contribution >= 0.6 is 0 Å². The molecule has 1 atom stereocenters. The number of likely N-dealkylation sites (tertiary alicyclic amines) is 1. The van der Waals surface area contributed by atoms with Crippen LogP contribution in [0.1, 0.15) is 19.3 Å². The van der Waals surface area contributed by atoms with Crippen LogP contribution < -0.4 is 4.74 Å². The van der Waals surface area contributed by atoms with Crippen molar-refractivity contribution in [1.29, 1.82) is 0 Å². The van der Waals surface area contributed by atoms with E-state index in [0.29, 0.717) is 41.4 Å². The molecule has 1 amide bonds. The first-order chi connectivity index (χ1) is 15.5. The number of carbonyl (C=O) groups is 1. The molecule has 2 fully saturated rings. The average Bonchev–Trinajstić information content (AvgIpc) is 3.38. The molecular formula is C24H24F2N4O2. The molecule has 1 saturated heterocycles. The number of rotatable bonds is 6. The lowest BCUT2D eigenvalue weighted by Crippen LogP contribution is -2.30. The second kappa shape index (κ2) is 8.33. The molecule has 0 bridgehead atoms. The predicted octanol–water partition coefficient (Wildman–Crippen LogP) is 4.16. The zero-order chi connectivity index (χ0) is 22.2. The van der Waals surface area contributed by atoms with E-state index in [1.54, 1.807) is 30.6 Å². The molecule has 1 aromatic heterocycles. The van der Waals surface area contributed by atoms with Crippen LogP contribution in [-0.4, -0.2) is 45.8 Å². The third kappa shape index (κ3) is 3.97. The van der Waals surface area contributed by atoms with Gasteiger partial charge in [0.2, 0.25) is 5.91 Å². The summed E-state index contributed by atoms with van der Waals surface area (Å²) in [6, 6.07) is 9.07. The number of hydrogen-bond donors (Lipinski definition) is 0. The minimum Gasteiger partial charge on any atom is -0.497 e. The van der Waals surface area contributed by atoms with Crippen LogP contribution in [0.25, 0.3) is 22.5 Å². The van der Waals surface area contributed by atoms with Crippen LogP contribution in [0.3, 0.4) is 0 Å². The second-order valence-electron chi connectivity index (χ2n) is 8.56. The van der Waals surface area contributed by atoms with E-state index in [-0.39, 0.29) is 17.7 Å². The van der Waals surface area contributed by atoms with E-state index in [2.05, 4.69) is 10.2 Å². The normalized spacial score (nSPS) is 18.2. The van der Waals surface area contributed by atoms with Crippen LogP contribution in [0.4, 0.5) is 8.78 Å². The van der Waals surface area contributed by atoms with Crippen molar-refractivity contribution in [3.63, 3.8) is 0 Å². The standard InChI is InChI=1S/C24H24F2N4O2/c1-32-18-5-7-19(22(26)11-18)17-4-6-20(21(25)10-17)23-28-27-14-30(23)13-15-8-9-29(12-15)24(31)16-2-3-16/h4-7,10-11,14-16H,2-3,8-9,12-13H2,1H3. The quantitative estimate of drug-likeness (QED) is 0.580. The summed E-state index contributed by atoms with van der Waals surface area (Å²) in [5, 5.41) is 8.11. The topological polar surface area (TPSA) is 60.3 Å². The summed E-state index contributed by atoms with van der Waals surface area (Å²) in [4.78, 5) is 14.3. The van der Waals surface area contributed by atoms with E-state index >= 15 is 4.39 Å². The zero-order valence-electron chi connectivity index (χ0n) is 17.8. The highest BCUT2D eigenvalue weighted by Gasteiger charge is 2.36.